The fraction of sp³-hybridized carbons (Fsp3) is 0.400. The molecular weight excluding hydrogens is 437 g/mol. The van der Waals surface area contributed by atoms with Gasteiger partial charge in [-0.05, 0) is 37.3 Å². The summed E-state index contributed by atoms with van der Waals surface area (Å²) >= 11 is 5.85. The minimum Gasteiger partial charge on any atom is -0.439 e. The van der Waals surface area contributed by atoms with Gasteiger partial charge in [0.1, 0.15) is 11.3 Å². The first-order valence-electron chi connectivity index (χ1n) is 8.87. The number of aromatic nitrogens is 1. The summed E-state index contributed by atoms with van der Waals surface area (Å²) in [6.45, 7) is 6.45. The maximum absolute atomic E-state index is 12.7. The molecule has 0 bridgehead atoms. The van der Waals surface area contributed by atoms with Gasteiger partial charge in [0.2, 0.25) is 11.8 Å². The summed E-state index contributed by atoms with van der Waals surface area (Å²) in [5.74, 6) is 0.803. The molecule has 0 spiro atoms. The van der Waals surface area contributed by atoms with Gasteiger partial charge in [-0.25, -0.2) is 4.98 Å². The highest BCUT2D eigenvalue weighted by atomic mass is 35.5. The number of carbonyl (C=O) groups excluding carboxylic acids is 1. The molecule has 3 rings (SSSR count). The Bertz CT molecular complexity index is 816. The van der Waals surface area contributed by atoms with E-state index in [4.69, 9.17) is 26.8 Å². The molecular formula is C20H26Cl3N3O3. The molecule has 0 radical (unpaired) electrons. The minimum atomic E-state index is -0.981. The van der Waals surface area contributed by atoms with Crippen molar-refractivity contribution >= 4 is 48.0 Å². The highest BCUT2D eigenvalue weighted by Gasteiger charge is 2.62. The summed E-state index contributed by atoms with van der Waals surface area (Å²) in [6, 6.07) is 10.4. The molecule has 2 unspecified atom stereocenters. The molecule has 6 nitrogen and oxygen atoms in total. The van der Waals surface area contributed by atoms with Gasteiger partial charge in [-0.3, -0.25) is 4.79 Å². The van der Waals surface area contributed by atoms with Gasteiger partial charge < -0.3 is 20.5 Å². The molecule has 1 aliphatic carbocycles. The lowest BCUT2D eigenvalue weighted by atomic mass is 9.54. The smallest absolute Gasteiger partial charge is 0.245 e. The van der Waals surface area contributed by atoms with E-state index in [9.17, 15) is 4.79 Å². The Kier molecular flexibility index (Phi) is 8.74. The number of hydrogen-bond acceptors (Lipinski definition) is 5. The first-order valence-corrected chi connectivity index (χ1v) is 9.25. The maximum Gasteiger partial charge on any atom is 0.245 e. The van der Waals surface area contributed by atoms with Crippen molar-refractivity contribution in [3.63, 3.8) is 0 Å². The van der Waals surface area contributed by atoms with Crippen LogP contribution in [0.5, 0.6) is 11.6 Å². The van der Waals surface area contributed by atoms with Gasteiger partial charge in [-0.2, -0.15) is 0 Å². The molecule has 1 fully saturated rings. The average molecular weight is 463 g/mol. The maximum atomic E-state index is 12.7. The van der Waals surface area contributed by atoms with E-state index in [-0.39, 0.29) is 36.8 Å². The van der Waals surface area contributed by atoms with Crippen LogP contribution in [0.1, 0.15) is 27.2 Å². The van der Waals surface area contributed by atoms with E-state index in [0.717, 1.165) is 0 Å². The van der Waals surface area contributed by atoms with E-state index in [1.807, 2.05) is 20.8 Å². The number of carbonyl (C=O) groups is 1. The van der Waals surface area contributed by atoms with Crippen molar-refractivity contribution in [1.29, 1.82) is 0 Å². The summed E-state index contributed by atoms with van der Waals surface area (Å²) in [6.07, 6.45) is 2.01. The van der Waals surface area contributed by atoms with Crippen LogP contribution >= 0.6 is 36.4 Å². The lowest BCUT2D eigenvalue weighted by Gasteiger charge is -2.57. The summed E-state index contributed by atoms with van der Waals surface area (Å²) in [5, 5.41) is 3.48. The van der Waals surface area contributed by atoms with Gasteiger partial charge in [0.25, 0.3) is 0 Å². The van der Waals surface area contributed by atoms with Gasteiger partial charge in [0, 0.05) is 29.5 Å². The molecule has 1 aliphatic rings. The quantitative estimate of drug-likeness (QED) is 0.641. The number of rotatable bonds is 6. The topological polar surface area (TPSA) is 86.5 Å². The molecule has 1 aromatic heterocycles. The second-order valence-corrected chi connectivity index (χ2v) is 7.67. The minimum absolute atomic E-state index is 0. The van der Waals surface area contributed by atoms with E-state index >= 15 is 0 Å². The van der Waals surface area contributed by atoms with Crippen LogP contribution in [0.15, 0.2) is 42.6 Å². The molecule has 0 aliphatic heterocycles. The van der Waals surface area contributed by atoms with E-state index in [1.165, 1.54) is 6.20 Å². The molecule has 2 aromatic rings. The van der Waals surface area contributed by atoms with E-state index in [2.05, 4.69) is 10.3 Å². The zero-order valence-corrected chi connectivity index (χ0v) is 18.9. The normalized spacial score (nSPS) is 21.8. The predicted octanol–water partition coefficient (Wildman–Crippen LogP) is 4.84. The fourth-order valence-electron chi connectivity index (χ4n) is 3.20. The molecule has 1 aromatic carbocycles. The van der Waals surface area contributed by atoms with Crippen LogP contribution in [0.3, 0.4) is 0 Å². The van der Waals surface area contributed by atoms with Crippen molar-refractivity contribution in [3.8, 4) is 11.6 Å². The van der Waals surface area contributed by atoms with Crippen molar-refractivity contribution in [2.24, 2.45) is 11.1 Å². The molecule has 1 amide bonds. The van der Waals surface area contributed by atoms with Crippen molar-refractivity contribution in [2.45, 2.75) is 38.8 Å². The molecule has 0 saturated heterocycles. The van der Waals surface area contributed by atoms with Gasteiger partial charge in [0.15, 0.2) is 0 Å². The molecule has 9 heteroatoms. The predicted molar refractivity (Wildman–Crippen MR) is 120 cm³/mol. The zero-order valence-electron chi connectivity index (χ0n) is 16.5. The lowest BCUT2D eigenvalue weighted by molar-refractivity contribution is -0.166. The van der Waals surface area contributed by atoms with Crippen molar-refractivity contribution in [3.05, 3.63) is 47.6 Å². The Labute approximate surface area is 188 Å². The van der Waals surface area contributed by atoms with Gasteiger partial charge in [-0.1, -0.05) is 25.4 Å². The third-order valence-corrected chi connectivity index (χ3v) is 5.52. The molecule has 3 N–H and O–H groups in total. The van der Waals surface area contributed by atoms with Crippen molar-refractivity contribution in [1.82, 2.24) is 4.98 Å². The Hall–Kier alpha value is -1.57. The Balaban J connectivity index is 0.00000210. The fourth-order valence-corrected chi connectivity index (χ4v) is 3.33. The number of halogens is 3. The molecule has 1 heterocycles. The number of hydrogen-bond donors (Lipinski definition) is 2. The first kappa shape index (κ1) is 25.5. The van der Waals surface area contributed by atoms with Crippen LogP contribution in [-0.4, -0.2) is 29.1 Å². The molecule has 29 heavy (non-hydrogen) atoms. The van der Waals surface area contributed by atoms with Gasteiger partial charge in [-0.15, -0.1) is 24.8 Å². The number of amides is 1. The number of benzene rings is 1. The molecule has 2 atom stereocenters. The third kappa shape index (κ3) is 5.13. The number of nitrogens with one attached hydrogen (secondary N) is 1. The van der Waals surface area contributed by atoms with E-state index in [0.29, 0.717) is 35.4 Å². The van der Waals surface area contributed by atoms with Crippen LogP contribution in [0.4, 0.5) is 5.69 Å². The summed E-state index contributed by atoms with van der Waals surface area (Å²) in [4.78, 5) is 16.9. The standard InChI is InChI=1S/C20H24ClN3O3.2ClH/c1-4-26-16-11-20(22,19(16,2)3)18(25)24-14-7-10-17(23-12-14)27-15-8-5-13(21)6-9-15;;/h5-10,12,16H,4,11,22H2,1-3H3,(H,24,25);2*1H. The summed E-state index contributed by atoms with van der Waals surface area (Å²) < 4.78 is 11.3. The third-order valence-electron chi connectivity index (χ3n) is 5.27. The Morgan fingerprint density at radius 2 is 1.90 bits per heavy atom. The number of pyridine rings is 1. The zero-order chi connectivity index (χ0) is 19.7. The lowest BCUT2D eigenvalue weighted by Crippen LogP contribution is -2.74. The monoisotopic (exact) mass is 461 g/mol. The SMILES string of the molecule is CCOC1CC(N)(C(=O)Nc2ccc(Oc3ccc(Cl)cc3)nc2)C1(C)C.Cl.Cl. The largest absolute Gasteiger partial charge is 0.439 e. The first-order chi connectivity index (χ1) is 12.8. The Morgan fingerprint density at radius 3 is 2.41 bits per heavy atom. The van der Waals surface area contributed by atoms with Gasteiger partial charge >= 0.3 is 0 Å². The highest BCUT2D eigenvalue weighted by molar-refractivity contribution is 6.30. The molecule has 160 valence electrons. The van der Waals surface area contributed by atoms with Gasteiger partial charge in [0.05, 0.1) is 18.0 Å². The second kappa shape index (κ2) is 9.96. The van der Waals surface area contributed by atoms with Crippen LogP contribution in [-0.2, 0) is 9.53 Å². The summed E-state index contributed by atoms with van der Waals surface area (Å²) in [7, 11) is 0. The Morgan fingerprint density at radius 1 is 1.24 bits per heavy atom. The van der Waals surface area contributed by atoms with Crippen LogP contribution in [0, 0.1) is 5.41 Å². The van der Waals surface area contributed by atoms with Crippen molar-refractivity contribution in [2.75, 3.05) is 11.9 Å². The number of nitrogens with zero attached hydrogens (tertiary/aromatic N) is 1. The molecule has 1 saturated carbocycles. The van der Waals surface area contributed by atoms with Crippen LogP contribution in [0.2, 0.25) is 5.02 Å². The number of anilines is 1. The van der Waals surface area contributed by atoms with E-state index in [1.54, 1.807) is 36.4 Å². The second-order valence-electron chi connectivity index (χ2n) is 7.24. The highest BCUT2D eigenvalue weighted by Crippen LogP contribution is 2.50. The van der Waals surface area contributed by atoms with E-state index < -0.39 is 11.0 Å². The van der Waals surface area contributed by atoms with Crippen LogP contribution in [0.25, 0.3) is 0 Å². The number of ether oxygens (including phenoxy) is 2. The average Bonchev–Trinajstić information content (AvgIpc) is 2.64. The van der Waals surface area contributed by atoms with Crippen LogP contribution < -0.4 is 15.8 Å². The van der Waals surface area contributed by atoms with Crippen molar-refractivity contribution < 1.29 is 14.3 Å². The summed E-state index contributed by atoms with van der Waals surface area (Å²) in [5.41, 5.74) is 5.52. The number of nitrogens with two attached hydrogens (primary N) is 1.